The first-order chi connectivity index (χ1) is 16.8. The fourth-order valence-electron chi connectivity index (χ4n) is 3.99. The highest BCUT2D eigenvalue weighted by Crippen LogP contribution is 2.29. The number of hydrogen-bond acceptors (Lipinski definition) is 5. The maximum absolute atomic E-state index is 13.3. The highest BCUT2D eigenvalue weighted by Gasteiger charge is 2.23. The summed E-state index contributed by atoms with van der Waals surface area (Å²) in [5, 5.41) is 12.3. The minimum Gasteiger partial charge on any atom is -0.480 e. The van der Waals surface area contributed by atoms with E-state index in [2.05, 4.69) is 30.1 Å². The van der Waals surface area contributed by atoms with Gasteiger partial charge >= 0.3 is 5.97 Å². The van der Waals surface area contributed by atoms with Gasteiger partial charge in [0, 0.05) is 30.3 Å². The number of aryl methyl sites for hydroxylation is 1. The third kappa shape index (κ3) is 7.23. The minimum atomic E-state index is -1.02. The van der Waals surface area contributed by atoms with Gasteiger partial charge in [-0.15, -0.1) is 0 Å². The highest BCUT2D eigenvalue weighted by molar-refractivity contribution is 7.98. The molecule has 0 bridgehead atoms. The number of furan rings is 1. The van der Waals surface area contributed by atoms with Gasteiger partial charge in [-0.2, -0.15) is 11.8 Å². The molecule has 0 saturated carbocycles. The van der Waals surface area contributed by atoms with Crippen LogP contribution in [0.4, 0.5) is 0 Å². The van der Waals surface area contributed by atoms with Gasteiger partial charge in [-0.1, -0.05) is 30.3 Å². The molecule has 1 atom stereocenters. The summed E-state index contributed by atoms with van der Waals surface area (Å²) >= 11 is 1.56. The Morgan fingerprint density at radius 1 is 1.06 bits per heavy atom. The largest absolute Gasteiger partial charge is 0.480 e. The van der Waals surface area contributed by atoms with Crippen molar-refractivity contribution >= 4 is 23.6 Å². The van der Waals surface area contributed by atoms with E-state index in [1.165, 1.54) is 0 Å². The molecule has 0 aliphatic rings. The molecule has 1 aromatic heterocycles. The lowest BCUT2D eigenvalue weighted by Crippen LogP contribution is -2.41. The lowest BCUT2D eigenvalue weighted by atomic mass is 9.93. The number of thioether (sulfide) groups is 1. The number of carboxylic acid groups (broad SMARTS) is 1. The van der Waals surface area contributed by atoms with Crippen LogP contribution in [0.3, 0.4) is 0 Å². The van der Waals surface area contributed by atoms with Gasteiger partial charge in [0.2, 0.25) is 0 Å². The lowest BCUT2D eigenvalue weighted by molar-refractivity contribution is -0.139. The molecule has 2 aromatic carbocycles. The second-order valence-corrected chi connectivity index (χ2v) is 9.96. The zero-order valence-corrected chi connectivity index (χ0v) is 21.6. The van der Waals surface area contributed by atoms with E-state index in [-0.39, 0.29) is 5.91 Å². The summed E-state index contributed by atoms with van der Waals surface area (Å²) in [6, 6.07) is 15.1. The van der Waals surface area contributed by atoms with Crippen LogP contribution in [0.5, 0.6) is 0 Å². The zero-order chi connectivity index (χ0) is 25.4. The quantitative estimate of drug-likeness (QED) is 0.341. The van der Waals surface area contributed by atoms with Crippen molar-refractivity contribution in [2.24, 2.45) is 0 Å². The number of benzene rings is 2. The standard InChI is InChI=1S/C28H34N2O4S/c1-19(2)30(17-22-11-13-34-18-22)16-21-9-10-24(25(15-21)23-8-6-5-7-20(23)3)27(31)29-26(28(32)33)12-14-35-4/h5-11,13,15,18-19,26H,12,14,16-17H2,1-4H3,(H,29,31)(H,32,33). The van der Waals surface area contributed by atoms with Gasteiger partial charge in [0.1, 0.15) is 6.04 Å². The Kier molecular flexibility index (Phi) is 9.57. The molecule has 3 aromatic rings. The second kappa shape index (κ2) is 12.6. The molecule has 7 heteroatoms. The normalized spacial score (nSPS) is 12.2. The van der Waals surface area contributed by atoms with Crippen LogP contribution in [0.15, 0.2) is 65.5 Å². The first-order valence-electron chi connectivity index (χ1n) is 11.8. The van der Waals surface area contributed by atoms with E-state index in [0.717, 1.165) is 34.4 Å². The average molecular weight is 495 g/mol. The fourth-order valence-corrected chi connectivity index (χ4v) is 4.46. The van der Waals surface area contributed by atoms with Crippen molar-refractivity contribution in [1.82, 2.24) is 10.2 Å². The van der Waals surface area contributed by atoms with Crippen LogP contribution < -0.4 is 5.32 Å². The van der Waals surface area contributed by atoms with Crippen molar-refractivity contribution in [3.8, 4) is 11.1 Å². The molecule has 3 rings (SSSR count). The van der Waals surface area contributed by atoms with Crippen LogP contribution in [0.2, 0.25) is 0 Å². The van der Waals surface area contributed by atoms with E-state index in [9.17, 15) is 14.7 Å². The molecule has 0 aliphatic carbocycles. The number of hydrogen-bond donors (Lipinski definition) is 2. The molecule has 186 valence electrons. The molecule has 0 spiro atoms. The molecule has 1 heterocycles. The summed E-state index contributed by atoms with van der Waals surface area (Å²) in [6.45, 7) is 7.79. The van der Waals surface area contributed by atoms with Crippen molar-refractivity contribution in [3.05, 3.63) is 83.3 Å². The Labute approximate surface area is 211 Å². The van der Waals surface area contributed by atoms with Crippen molar-refractivity contribution < 1.29 is 19.1 Å². The number of rotatable bonds is 12. The number of amides is 1. The lowest BCUT2D eigenvalue weighted by Gasteiger charge is -2.26. The van der Waals surface area contributed by atoms with Gasteiger partial charge in [-0.05, 0) is 79.7 Å². The van der Waals surface area contributed by atoms with E-state index < -0.39 is 12.0 Å². The van der Waals surface area contributed by atoms with Crippen LogP contribution in [-0.2, 0) is 17.9 Å². The summed E-state index contributed by atoms with van der Waals surface area (Å²) < 4.78 is 5.24. The molecule has 0 radical (unpaired) electrons. The summed E-state index contributed by atoms with van der Waals surface area (Å²) in [6.07, 6.45) is 5.73. The van der Waals surface area contributed by atoms with Gasteiger partial charge in [-0.3, -0.25) is 9.69 Å². The van der Waals surface area contributed by atoms with Gasteiger partial charge < -0.3 is 14.8 Å². The van der Waals surface area contributed by atoms with E-state index >= 15 is 0 Å². The maximum atomic E-state index is 13.3. The number of aliphatic carboxylic acids is 1. The number of carbonyl (C=O) groups excluding carboxylic acids is 1. The second-order valence-electron chi connectivity index (χ2n) is 8.97. The third-order valence-corrected chi connectivity index (χ3v) is 6.70. The summed E-state index contributed by atoms with van der Waals surface area (Å²) in [5.41, 5.74) is 5.48. The summed E-state index contributed by atoms with van der Waals surface area (Å²) in [4.78, 5) is 27.3. The zero-order valence-electron chi connectivity index (χ0n) is 20.8. The number of carbonyl (C=O) groups is 2. The topological polar surface area (TPSA) is 82.8 Å². The van der Waals surface area contributed by atoms with Gasteiger partial charge in [0.15, 0.2) is 0 Å². The Balaban J connectivity index is 1.95. The molecule has 35 heavy (non-hydrogen) atoms. The number of nitrogens with one attached hydrogen (secondary N) is 1. The molecular weight excluding hydrogens is 460 g/mol. The van der Waals surface area contributed by atoms with Crippen LogP contribution in [0, 0.1) is 6.92 Å². The Hall–Kier alpha value is -3.03. The van der Waals surface area contributed by atoms with Crippen molar-refractivity contribution in [2.75, 3.05) is 12.0 Å². The third-order valence-electron chi connectivity index (χ3n) is 6.06. The van der Waals surface area contributed by atoms with E-state index in [4.69, 9.17) is 4.42 Å². The average Bonchev–Trinajstić information content (AvgIpc) is 3.34. The van der Waals surface area contributed by atoms with Crippen LogP contribution in [0.25, 0.3) is 11.1 Å². The SMILES string of the molecule is CSCCC(NC(=O)c1ccc(CN(Cc2ccoc2)C(C)C)cc1-c1ccccc1C)C(=O)O. The summed E-state index contributed by atoms with van der Waals surface area (Å²) in [7, 11) is 0. The first kappa shape index (κ1) is 26.6. The molecule has 2 N–H and O–H groups in total. The molecule has 0 saturated heterocycles. The highest BCUT2D eigenvalue weighted by atomic mass is 32.2. The Bertz CT molecular complexity index is 1130. The maximum Gasteiger partial charge on any atom is 0.326 e. The summed E-state index contributed by atoms with van der Waals surface area (Å²) in [5.74, 6) is -0.738. The Morgan fingerprint density at radius 3 is 2.43 bits per heavy atom. The van der Waals surface area contributed by atoms with Crippen molar-refractivity contribution in [3.63, 3.8) is 0 Å². The molecular formula is C28H34N2O4S. The van der Waals surface area contributed by atoms with Crippen molar-refractivity contribution in [1.29, 1.82) is 0 Å². The number of nitrogens with zero attached hydrogens (tertiary/aromatic N) is 1. The van der Waals surface area contributed by atoms with Crippen LogP contribution in [0.1, 0.15) is 47.3 Å². The minimum absolute atomic E-state index is 0.308. The predicted molar refractivity (Wildman–Crippen MR) is 142 cm³/mol. The monoisotopic (exact) mass is 494 g/mol. The molecule has 1 amide bonds. The predicted octanol–water partition coefficient (Wildman–Crippen LogP) is 5.60. The number of carboxylic acids is 1. The van der Waals surface area contributed by atoms with Crippen molar-refractivity contribution in [2.45, 2.75) is 52.4 Å². The molecule has 1 unspecified atom stereocenters. The fraction of sp³-hybridized carbons (Fsp3) is 0.357. The van der Waals surface area contributed by atoms with Gasteiger partial charge in [-0.25, -0.2) is 4.79 Å². The molecule has 0 fully saturated rings. The Morgan fingerprint density at radius 2 is 1.80 bits per heavy atom. The molecule has 6 nitrogen and oxygen atoms in total. The van der Waals surface area contributed by atoms with Crippen LogP contribution >= 0.6 is 11.8 Å². The van der Waals surface area contributed by atoms with E-state index in [1.54, 1.807) is 24.3 Å². The van der Waals surface area contributed by atoms with Gasteiger partial charge in [0.05, 0.1) is 12.5 Å². The molecule has 0 aliphatic heterocycles. The van der Waals surface area contributed by atoms with E-state index in [1.807, 2.05) is 55.6 Å². The van der Waals surface area contributed by atoms with Crippen LogP contribution in [-0.4, -0.2) is 46.0 Å². The van der Waals surface area contributed by atoms with Gasteiger partial charge in [0.25, 0.3) is 5.91 Å². The first-order valence-corrected chi connectivity index (χ1v) is 13.2. The smallest absolute Gasteiger partial charge is 0.326 e. The van der Waals surface area contributed by atoms with E-state index in [0.29, 0.717) is 30.3 Å².